The van der Waals surface area contributed by atoms with Crippen LogP contribution in [0.5, 0.6) is 5.75 Å². The standard InChI is InChI=1S/C33H40F2N2O4/c1-21-28(30(31(38)39)41-32(2,3)4)29(37-15-13-33(5,6)14-16-37)25(20-36-21)23-10-11-27(26(35)19-23)40-17-12-22-8-7-9-24(34)18-22/h7-11,18-20,30H,12-17H2,1-6H3,(H,38,39). The number of hydrogen-bond donors (Lipinski definition) is 1. The van der Waals surface area contributed by atoms with Gasteiger partial charge in [0.15, 0.2) is 17.7 Å². The summed E-state index contributed by atoms with van der Waals surface area (Å²) in [6, 6.07) is 11.0. The Kier molecular flexibility index (Phi) is 9.02. The molecule has 1 atom stereocenters. The second kappa shape index (κ2) is 12.1. The molecule has 1 aliphatic rings. The summed E-state index contributed by atoms with van der Waals surface area (Å²) in [6.45, 7) is 13.3. The first kappa shape index (κ1) is 30.4. The number of carbonyl (C=O) groups is 1. The number of aromatic nitrogens is 1. The van der Waals surface area contributed by atoms with Crippen molar-refractivity contribution in [2.24, 2.45) is 5.41 Å². The van der Waals surface area contributed by atoms with Gasteiger partial charge in [-0.2, -0.15) is 0 Å². The van der Waals surface area contributed by atoms with Crippen LogP contribution in [0.1, 0.15) is 70.4 Å². The molecule has 220 valence electrons. The van der Waals surface area contributed by atoms with Crippen molar-refractivity contribution < 1.29 is 28.2 Å². The number of nitrogens with zero attached hydrogens (tertiary/aromatic N) is 2. The zero-order chi connectivity index (χ0) is 29.9. The number of anilines is 1. The molecule has 1 unspecified atom stereocenters. The lowest BCUT2D eigenvalue weighted by atomic mass is 9.82. The summed E-state index contributed by atoms with van der Waals surface area (Å²) in [6.07, 6.45) is 2.73. The molecule has 0 amide bonds. The number of pyridine rings is 1. The number of carboxylic acid groups (broad SMARTS) is 1. The van der Waals surface area contributed by atoms with Crippen LogP contribution in [0.4, 0.5) is 14.5 Å². The SMILES string of the molecule is Cc1ncc(-c2ccc(OCCc3cccc(F)c3)c(F)c2)c(N2CCC(C)(C)CC2)c1C(OC(C)(C)C)C(=O)O. The zero-order valence-corrected chi connectivity index (χ0v) is 24.8. The Labute approximate surface area is 241 Å². The van der Waals surface area contributed by atoms with Crippen LogP contribution in [0.2, 0.25) is 0 Å². The van der Waals surface area contributed by atoms with Gasteiger partial charge in [-0.3, -0.25) is 4.98 Å². The number of piperidine rings is 1. The highest BCUT2D eigenvalue weighted by molar-refractivity contribution is 5.86. The van der Waals surface area contributed by atoms with Crippen molar-refractivity contribution in [2.45, 2.75) is 72.5 Å². The average Bonchev–Trinajstić information content (AvgIpc) is 2.88. The molecule has 1 fully saturated rings. The van der Waals surface area contributed by atoms with E-state index in [1.807, 2.05) is 20.8 Å². The first-order valence-corrected chi connectivity index (χ1v) is 14.1. The van der Waals surface area contributed by atoms with Crippen molar-refractivity contribution >= 4 is 11.7 Å². The van der Waals surface area contributed by atoms with Gasteiger partial charge in [0.1, 0.15) is 5.82 Å². The molecule has 0 saturated carbocycles. The largest absolute Gasteiger partial charge is 0.490 e. The van der Waals surface area contributed by atoms with Crippen molar-refractivity contribution in [1.29, 1.82) is 0 Å². The van der Waals surface area contributed by atoms with Crippen molar-refractivity contribution in [3.05, 3.63) is 77.1 Å². The van der Waals surface area contributed by atoms with Gasteiger partial charge < -0.3 is 19.5 Å². The first-order valence-electron chi connectivity index (χ1n) is 14.1. The zero-order valence-electron chi connectivity index (χ0n) is 24.8. The van der Waals surface area contributed by atoms with Gasteiger partial charge in [-0.05, 0) is 81.3 Å². The maximum atomic E-state index is 15.4. The molecule has 4 rings (SSSR count). The number of aryl methyl sites for hydroxylation is 1. The van der Waals surface area contributed by atoms with Crippen LogP contribution in [-0.2, 0) is 16.0 Å². The van der Waals surface area contributed by atoms with Gasteiger partial charge in [-0.25, -0.2) is 13.6 Å². The predicted molar refractivity (Wildman–Crippen MR) is 156 cm³/mol. The monoisotopic (exact) mass is 566 g/mol. The van der Waals surface area contributed by atoms with E-state index in [1.165, 1.54) is 18.2 Å². The second-order valence-electron chi connectivity index (χ2n) is 12.5. The van der Waals surface area contributed by atoms with Crippen molar-refractivity contribution in [2.75, 3.05) is 24.6 Å². The number of carboxylic acids is 1. The summed E-state index contributed by atoms with van der Waals surface area (Å²) >= 11 is 0. The number of rotatable bonds is 9. The van der Waals surface area contributed by atoms with Crippen LogP contribution in [-0.4, -0.2) is 41.4 Å². The Morgan fingerprint density at radius 3 is 2.44 bits per heavy atom. The van der Waals surface area contributed by atoms with Gasteiger partial charge in [-0.1, -0.05) is 32.0 Å². The molecule has 0 spiro atoms. The molecular formula is C33H40F2N2O4. The lowest BCUT2D eigenvalue weighted by Gasteiger charge is -2.41. The normalized spacial score (nSPS) is 16.0. The third kappa shape index (κ3) is 7.61. The maximum absolute atomic E-state index is 15.4. The number of aliphatic carboxylic acids is 1. The summed E-state index contributed by atoms with van der Waals surface area (Å²) in [5.41, 5.74) is 3.17. The van der Waals surface area contributed by atoms with Gasteiger partial charge in [0.2, 0.25) is 0 Å². The van der Waals surface area contributed by atoms with Crippen molar-refractivity contribution in [3.63, 3.8) is 0 Å². The highest BCUT2D eigenvalue weighted by Crippen LogP contribution is 2.44. The summed E-state index contributed by atoms with van der Waals surface area (Å²) < 4.78 is 40.6. The van der Waals surface area contributed by atoms with E-state index in [-0.39, 0.29) is 23.6 Å². The summed E-state index contributed by atoms with van der Waals surface area (Å²) in [5, 5.41) is 10.3. The number of hydrogen-bond acceptors (Lipinski definition) is 5. The molecule has 2 heterocycles. The molecule has 3 aromatic rings. The van der Waals surface area contributed by atoms with E-state index in [4.69, 9.17) is 9.47 Å². The number of ether oxygens (including phenoxy) is 2. The Morgan fingerprint density at radius 1 is 1.12 bits per heavy atom. The van der Waals surface area contributed by atoms with E-state index in [0.717, 1.165) is 31.5 Å². The third-order valence-corrected chi connectivity index (χ3v) is 7.46. The van der Waals surface area contributed by atoms with E-state index in [9.17, 15) is 14.3 Å². The lowest BCUT2D eigenvalue weighted by molar-refractivity contribution is -0.160. The Morgan fingerprint density at radius 2 is 1.83 bits per heavy atom. The third-order valence-electron chi connectivity index (χ3n) is 7.46. The molecule has 1 aliphatic heterocycles. The fourth-order valence-electron chi connectivity index (χ4n) is 5.15. The van der Waals surface area contributed by atoms with E-state index in [2.05, 4.69) is 23.7 Å². The highest BCUT2D eigenvalue weighted by Gasteiger charge is 2.35. The van der Waals surface area contributed by atoms with Crippen molar-refractivity contribution in [3.8, 4) is 16.9 Å². The van der Waals surface area contributed by atoms with Crippen LogP contribution in [0.15, 0.2) is 48.7 Å². The summed E-state index contributed by atoms with van der Waals surface area (Å²) in [4.78, 5) is 19.3. The van der Waals surface area contributed by atoms with Gasteiger partial charge in [0, 0.05) is 42.5 Å². The van der Waals surface area contributed by atoms with Gasteiger partial charge >= 0.3 is 5.97 Å². The topological polar surface area (TPSA) is 71.9 Å². The smallest absolute Gasteiger partial charge is 0.337 e. The van der Waals surface area contributed by atoms with Crippen LogP contribution in [0, 0.1) is 24.0 Å². The Hall–Kier alpha value is -3.52. The summed E-state index contributed by atoms with van der Waals surface area (Å²) in [7, 11) is 0. The minimum atomic E-state index is -1.25. The maximum Gasteiger partial charge on any atom is 0.337 e. The predicted octanol–water partition coefficient (Wildman–Crippen LogP) is 7.52. The first-order chi connectivity index (χ1) is 19.2. The van der Waals surface area contributed by atoms with Crippen LogP contribution in [0.3, 0.4) is 0 Å². The quantitative estimate of drug-likeness (QED) is 0.289. The van der Waals surface area contributed by atoms with Crippen molar-refractivity contribution in [1.82, 2.24) is 4.98 Å². The van der Waals surface area contributed by atoms with E-state index in [1.54, 1.807) is 37.4 Å². The molecule has 41 heavy (non-hydrogen) atoms. The lowest BCUT2D eigenvalue weighted by Crippen LogP contribution is -2.39. The van der Waals surface area contributed by atoms with E-state index >= 15 is 4.39 Å². The fourth-order valence-corrected chi connectivity index (χ4v) is 5.15. The molecular weight excluding hydrogens is 526 g/mol. The Bertz CT molecular complexity index is 1390. The molecule has 2 aromatic carbocycles. The number of halogens is 2. The summed E-state index contributed by atoms with van der Waals surface area (Å²) in [5.74, 6) is -1.88. The van der Waals surface area contributed by atoms with E-state index in [0.29, 0.717) is 34.5 Å². The Balaban J connectivity index is 1.72. The fraction of sp³-hybridized carbons (Fsp3) is 0.455. The van der Waals surface area contributed by atoms with Crippen LogP contribution < -0.4 is 9.64 Å². The minimum absolute atomic E-state index is 0.0891. The molecule has 0 aliphatic carbocycles. The van der Waals surface area contributed by atoms with E-state index < -0.39 is 23.5 Å². The van der Waals surface area contributed by atoms with Gasteiger partial charge in [0.05, 0.1) is 17.9 Å². The average molecular weight is 567 g/mol. The molecule has 0 bridgehead atoms. The van der Waals surface area contributed by atoms with Gasteiger partial charge in [-0.15, -0.1) is 0 Å². The van der Waals surface area contributed by atoms with Gasteiger partial charge in [0.25, 0.3) is 0 Å². The highest BCUT2D eigenvalue weighted by atomic mass is 19.1. The number of benzene rings is 2. The molecule has 0 radical (unpaired) electrons. The molecule has 6 nitrogen and oxygen atoms in total. The minimum Gasteiger partial charge on any atom is -0.490 e. The van der Waals surface area contributed by atoms with Crippen LogP contribution in [0.25, 0.3) is 11.1 Å². The molecule has 1 N–H and O–H groups in total. The second-order valence-corrected chi connectivity index (χ2v) is 12.5. The molecule has 1 aromatic heterocycles. The molecule has 8 heteroatoms. The van der Waals surface area contributed by atoms with Crippen LogP contribution >= 0.6 is 0 Å². The molecule has 1 saturated heterocycles.